The molecule has 18 heavy (non-hydrogen) atoms. The Morgan fingerprint density at radius 3 is 2.72 bits per heavy atom. The SMILES string of the molecule is CC1CCN(C(=O)CN2CCOC(CN)C2)CC1. The minimum absolute atomic E-state index is 0.0907. The molecule has 1 unspecified atom stereocenters. The van der Waals surface area contributed by atoms with Gasteiger partial charge in [0.2, 0.25) is 5.91 Å². The Balaban J connectivity index is 1.76. The van der Waals surface area contributed by atoms with E-state index in [2.05, 4.69) is 11.8 Å². The zero-order chi connectivity index (χ0) is 13.0. The van der Waals surface area contributed by atoms with Gasteiger partial charge in [-0.05, 0) is 18.8 Å². The highest BCUT2D eigenvalue weighted by molar-refractivity contribution is 5.78. The summed E-state index contributed by atoms with van der Waals surface area (Å²) < 4.78 is 5.51. The number of rotatable bonds is 3. The van der Waals surface area contributed by atoms with Crippen LogP contribution in [0.4, 0.5) is 0 Å². The smallest absolute Gasteiger partial charge is 0.236 e. The van der Waals surface area contributed by atoms with Gasteiger partial charge in [0.25, 0.3) is 0 Å². The highest BCUT2D eigenvalue weighted by atomic mass is 16.5. The number of hydrogen-bond acceptors (Lipinski definition) is 4. The van der Waals surface area contributed by atoms with Crippen LogP contribution in [-0.2, 0) is 9.53 Å². The summed E-state index contributed by atoms with van der Waals surface area (Å²) in [5, 5.41) is 0. The van der Waals surface area contributed by atoms with Gasteiger partial charge in [-0.2, -0.15) is 0 Å². The lowest BCUT2D eigenvalue weighted by Gasteiger charge is -2.35. The number of nitrogens with zero attached hydrogens (tertiary/aromatic N) is 2. The molecule has 104 valence electrons. The molecule has 0 aromatic carbocycles. The first-order chi connectivity index (χ1) is 8.69. The predicted molar refractivity (Wildman–Crippen MR) is 70.2 cm³/mol. The van der Waals surface area contributed by atoms with Gasteiger partial charge in [0.05, 0.1) is 19.3 Å². The summed E-state index contributed by atoms with van der Waals surface area (Å²) in [6.07, 6.45) is 2.37. The van der Waals surface area contributed by atoms with Crippen molar-refractivity contribution in [2.45, 2.75) is 25.9 Å². The van der Waals surface area contributed by atoms with Gasteiger partial charge in [-0.15, -0.1) is 0 Å². The van der Waals surface area contributed by atoms with Crippen molar-refractivity contribution in [2.75, 3.05) is 45.9 Å². The molecule has 2 heterocycles. The summed E-state index contributed by atoms with van der Waals surface area (Å²) in [4.78, 5) is 16.4. The van der Waals surface area contributed by atoms with Gasteiger partial charge in [0, 0.05) is 32.7 Å². The molecule has 2 N–H and O–H groups in total. The lowest BCUT2D eigenvalue weighted by molar-refractivity contribution is -0.135. The first-order valence-electron chi connectivity index (χ1n) is 7.01. The Morgan fingerprint density at radius 1 is 1.33 bits per heavy atom. The van der Waals surface area contributed by atoms with E-state index in [0.29, 0.717) is 19.7 Å². The number of morpholine rings is 1. The van der Waals surface area contributed by atoms with E-state index < -0.39 is 0 Å². The molecule has 2 fully saturated rings. The first-order valence-corrected chi connectivity index (χ1v) is 7.01. The molecule has 5 heteroatoms. The largest absolute Gasteiger partial charge is 0.374 e. The fourth-order valence-corrected chi connectivity index (χ4v) is 2.62. The molecule has 0 spiro atoms. The van der Waals surface area contributed by atoms with Crippen LogP contribution in [0.25, 0.3) is 0 Å². The molecule has 2 aliphatic rings. The van der Waals surface area contributed by atoms with Gasteiger partial charge >= 0.3 is 0 Å². The summed E-state index contributed by atoms with van der Waals surface area (Å²) in [5.74, 6) is 1.03. The van der Waals surface area contributed by atoms with Crippen LogP contribution < -0.4 is 5.73 Å². The number of piperidine rings is 1. The van der Waals surface area contributed by atoms with E-state index in [1.165, 1.54) is 0 Å². The van der Waals surface area contributed by atoms with E-state index in [1.807, 2.05) is 4.90 Å². The van der Waals surface area contributed by atoms with Crippen molar-refractivity contribution in [3.05, 3.63) is 0 Å². The lowest BCUT2D eigenvalue weighted by Crippen LogP contribution is -2.50. The number of hydrogen-bond donors (Lipinski definition) is 1. The van der Waals surface area contributed by atoms with Crippen LogP contribution in [-0.4, -0.2) is 67.7 Å². The summed E-state index contributed by atoms with van der Waals surface area (Å²) in [5.41, 5.74) is 5.61. The van der Waals surface area contributed by atoms with Crippen molar-refractivity contribution < 1.29 is 9.53 Å². The number of ether oxygens (including phenoxy) is 1. The highest BCUT2D eigenvalue weighted by Gasteiger charge is 2.25. The number of carbonyl (C=O) groups is 1. The number of amides is 1. The molecule has 0 aliphatic carbocycles. The maximum Gasteiger partial charge on any atom is 0.236 e. The van der Waals surface area contributed by atoms with Crippen LogP contribution in [0.3, 0.4) is 0 Å². The van der Waals surface area contributed by atoms with Crippen LogP contribution in [0.5, 0.6) is 0 Å². The predicted octanol–water partition coefficient (Wildman–Crippen LogP) is -0.0956. The third-order valence-corrected chi connectivity index (χ3v) is 3.98. The summed E-state index contributed by atoms with van der Waals surface area (Å²) in [6, 6.07) is 0. The average Bonchev–Trinajstić information content (AvgIpc) is 2.39. The topological polar surface area (TPSA) is 58.8 Å². The lowest BCUT2D eigenvalue weighted by atomic mass is 9.99. The Hall–Kier alpha value is -0.650. The van der Waals surface area contributed by atoms with Gasteiger partial charge in [0.15, 0.2) is 0 Å². The fourth-order valence-electron chi connectivity index (χ4n) is 2.62. The standard InChI is InChI=1S/C13H25N3O2/c1-11-2-4-16(5-3-11)13(17)10-15-6-7-18-12(8-14)9-15/h11-12H,2-10,14H2,1H3. The van der Waals surface area contributed by atoms with Gasteiger partial charge in [-0.1, -0.05) is 6.92 Å². The van der Waals surface area contributed by atoms with Gasteiger partial charge < -0.3 is 15.4 Å². The van der Waals surface area contributed by atoms with Crippen LogP contribution in [0.1, 0.15) is 19.8 Å². The average molecular weight is 255 g/mol. The van der Waals surface area contributed by atoms with Gasteiger partial charge in [0.1, 0.15) is 0 Å². The van der Waals surface area contributed by atoms with Gasteiger partial charge in [-0.25, -0.2) is 0 Å². The third kappa shape index (κ3) is 3.67. The minimum atomic E-state index is 0.0907. The maximum absolute atomic E-state index is 12.2. The monoisotopic (exact) mass is 255 g/mol. The Labute approximate surface area is 109 Å². The fraction of sp³-hybridized carbons (Fsp3) is 0.923. The van der Waals surface area contributed by atoms with E-state index in [1.54, 1.807) is 0 Å². The molecule has 0 radical (unpaired) electrons. The van der Waals surface area contributed by atoms with Crippen molar-refractivity contribution in [1.82, 2.24) is 9.80 Å². The van der Waals surface area contributed by atoms with Crippen molar-refractivity contribution in [3.8, 4) is 0 Å². The molecular weight excluding hydrogens is 230 g/mol. The summed E-state index contributed by atoms with van der Waals surface area (Å²) in [6.45, 7) is 7.47. The summed E-state index contributed by atoms with van der Waals surface area (Å²) >= 11 is 0. The van der Waals surface area contributed by atoms with E-state index in [9.17, 15) is 4.79 Å². The second-order valence-electron chi connectivity index (χ2n) is 5.53. The van der Waals surface area contributed by atoms with Crippen LogP contribution >= 0.6 is 0 Å². The van der Waals surface area contributed by atoms with E-state index in [0.717, 1.165) is 44.9 Å². The van der Waals surface area contributed by atoms with Crippen molar-refractivity contribution in [2.24, 2.45) is 11.7 Å². The highest BCUT2D eigenvalue weighted by Crippen LogP contribution is 2.16. The van der Waals surface area contributed by atoms with Crippen LogP contribution in [0.2, 0.25) is 0 Å². The molecule has 0 saturated carbocycles. The molecular formula is C13H25N3O2. The van der Waals surface area contributed by atoms with Crippen molar-refractivity contribution in [3.63, 3.8) is 0 Å². The first kappa shape index (κ1) is 13.8. The molecule has 0 bridgehead atoms. The maximum atomic E-state index is 12.2. The van der Waals surface area contributed by atoms with Crippen LogP contribution in [0, 0.1) is 5.92 Å². The van der Waals surface area contributed by atoms with E-state index in [4.69, 9.17) is 10.5 Å². The molecule has 5 nitrogen and oxygen atoms in total. The molecule has 1 atom stereocenters. The van der Waals surface area contributed by atoms with Gasteiger partial charge in [-0.3, -0.25) is 9.69 Å². The molecule has 0 aromatic rings. The normalized spacial score (nSPS) is 27.4. The number of likely N-dealkylation sites (tertiary alicyclic amines) is 1. The van der Waals surface area contributed by atoms with Crippen LogP contribution in [0.15, 0.2) is 0 Å². The Bertz CT molecular complexity index is 277. The molecule has 2 aliphatic heterocycles. The molecule has 1 amide bonds. The second-order valence-corrected chi connectivity index (χ2v) is 5.53. The molecule has 2 rings (SSSR count). The third-order valence-electron chi connectivity index (χ3n) is 3.98. The van der Waals surface area contributed by atoms with E-state index >= 15 is 0 Å². The zero-order valence-electron chi connectivity index (χ0n) is 11.3. The Morgan fingerprint density at radius 2 is 2.06 bits per heavy atom. The molecule has 2 saturated heterocycles. The second kappa shape index (κ2) is 6.50. The minimum Gasteiger partial charge on any atom is -0.374 e. The quantitative estimate of drug-likeness (QED) is 0.765. The number of nitrogens with two attached hydrogens (primary N) is 1. The summed E-state index contributed by atoms with van der Waals surface area (Å²) in [7, 11) is 0. The zero-order valence-corrected chi connectivity index (χ0v) is 11.3. The molecule has 0 aromatic heterocycles. The number of carbonyl (C=O) groups excluding carboxylic acids is 1. The van der Waals surface area contributed by atoms with Crippen molar-refractivity contribution >= 4 is 5.91 Å². The van der Waals surface area contributed by atoms with E-state index in [-0.39, 0.29) is 12.0 Å². The van der Waals surface area contributed by atoms with Crippen molar-refractivity contribution in [1.29, 1.82) is 0 Å². The Kier molecular flexibility index (Phi) is 4.97.